The van der Waals surface area contributed by atoms with Crippen LogP contribution in [0.15, 0.2) is 24.3 Å². The minimum absolute atomic E-state index is 0.0454. The summed E-state index contributed by atoms with van der Waals surface area (Å²) >= 11 is 5.43. The number of benzene rings is 1. The zero-order chi connectivity index (χ0) is 14.8. The summed E-state index contributed by atoms with van der Waals surface area (Å²) in [5.74, 6) is 0.443. The Hall–Kier alpha value is -1.59. The van der Waals surface area contributed by atoms with Crippen LogP contribution in [0.5, 0.6) is 0 Å². The Bertz CT molecular complexity index is 709. The van der Waals surface area contributed by atoms with Crippen molar-refractivity contribution in [2.45, 2.75) is 32.2 Å². The molecule has 0 fully saturated rings. The molecule has 0 atom stereocenters. The number of halogens is 1. The maximum absolute atomic E-state index is 13.1. The van der Waals surface area contributed by atoms with Gasteiger partial charge in [0.15, 0.2) is 0 Å². The fourth-order valence-electron chi connectivity index (χ4n) is 2.93. The first kappa shape index (κ1) is 14.4. The molecule has 5 heteroatoms. The minimum Gasteiger partial charge on any atom is -0.395 e. The second kappa shape index (κ2) is 6.03. The van der Waals surface area contributed by atoms with E-state index in [9.17, 15) is 9.50 Å². The maximum Gasteiger partial charge on any atom is 0.141 e. The van der Waals surface area contributed by atoms with Gasteiger partial charge < -0.3 is 9.67 Å². The Morgan fingerprint density at radius 2 is 1.90 bits per heavy atom. The molecule has 0 unspecified atom stereocenters. The van der Waals surface area contributed by atoms with Gasteiger partial charge in [0.1, 0.15) is 16.3 Å². The molecule has 21 heavy (non-hydrogen) atoms. The van der Waals surface area contributed by atoms with Crippen LogP contribution in [0.3, 0.4) is 0 Å². The van der Waals surface area contributed by atoms with Crippen LogP contribution in [-0.2, 0) is 19.4 Å². The van der Waals surface area contributed by atoms with Crippen LogP contribution < -0.4 is 0 Å². The van der Waals surface area contributed by atoms with Crippen LogP contribution in [0.1, 0.15) is 24.1 Å². The van der Waals surface area contributed by atoms with Gasteiger partial charge in [-0.15, -0.1) is 0 Å². The summed E-state index contributed by atoms with van der Waals surface area (Å²) < 4.78 is 15.8. The lowest BCUT2D eigenvalue weighted by Gasteiger charge is -2.24. The number of nitrogens with zero attached hydrogens (tertiary/aromatic N) is 2. The summed E-state index contributed by atoms with van der Waals surface area (Å²) in [7, 11) is 0. The second-order valence-electron chi connectivity index (χ2n) is 5.26. The molecule has 1 heterocycles. The number of hydrogen-bond acceptors (Lipinski definition) is 3. The van der Waals surface area contributed by atoms with E-state index in [0.29, 0.717) is 11.2 Å². The SMILES string of the molecule is OCCn1c(-c2ccc(F)cc2)nc(=S)c2c1CCCC2. The number of aliphatic hydroxyl groups excluding tert-OH is 1. The molecule has 0 saturated carbocycles. The van der Waals surface area contributed by atoms with Gasteiger partial charge in [0.05, 0.1) is 6.61 Å². The Labute approximate surface area is 128 Å². The summed E-state index contributed by atoms with van der Waals surface area (Å²) in [6.45, 7) is 0.529. The van der Waals surface area contributed by atoms with Crippen molar-refractivity contribution in [3.8, 4) is 11.4 Å². The lowest BCUT2D eigenvalue weighted by Crippen LogP contribution is -2.19. The first-order valence-corrected chi connectivity index (χ1v) is 7.61. The van der Waals surface area contributed by atoms with Crippen LogP contribution in [0.2, 0.25) is 0 Å². The molecule has 0 saturated heterocycles. The summed E-state index contributed by atoms with van der Waals surface area (Å²) in [5, 5.41) is 9.37. The van der Waals surface area contributed by atoms with Crippen molar-refractivity contribution >= 4 is 12.2 Å². The number of hydrogen-bond donors (Lipinski definition) is 1. The Morgan fingerprint density at radius 1 is 1.19 bits per heavy atom. The van der Waals surface area contributed by atoms with Gasteiger partial charge in [-0.2, -0.15) is 0 Å². The molecule has 1 aromatic heterocycles. The molecule has 1 aliphatic rings. The van der Waals surface area contributed by atoms with Gasteiger partial charge in [-0.1, -0.05) is 12.2 Å². The quantitative estimate of drug-likeness (QED) is 0.884. The average molecular weight is 304 g/mol. The zero-order valence-electron chi connectivity index (χ0n) is 11.7. The van der Waals surface area contributed by atoms with Gasteiger partial charge in [0.25, 0.3) is 0 Å². The fourth-order valence-corrected chi connectivity index (χ4v) is 3.24. The molecule has 0 bridgehead atoms. The van der Waals surface area contributed by atoms with Crippen molar-refractivity contribution in [3.63, 3.8) is 0 Å². The monoisotopic (exact) mass is 304 g/mol. The molecule has 0 spiro atoms. The van der Waals surface area contributed by atoms with Gasteiger partial charge in [0.2, 0.25) is 0 Å². The Kier molecular flexibility index (Phi) is 4.12. The minimum atomic E-state index is -0.274. The predicted octanol–water partition coefficient (Wildman–Crippen LogP) is 3.29. The van der Waals surface area contributed by atoms with Crippen molar-refractivity contribution in [1.29, 1.82) is 0 Å². The summed E-state index contributed by atoms with van der Waals surface area (Å²) in [5.41, 5.74) is 3.13. The smallest absolute Gasteiger partial charge is 0.141 e. The molecule has 3 nitrogen and oxygen atoms in total. The van der Waals surface area contributed by atoms with Crippen molar-refractivity contribution in [2.24, 2.45) is 0 Å². The van der Waals surface area contributed by atoms with E-state index in [1.807, 2.05) is 4.57 Å². The highest BCUT2D eigenvalue weighted by Gasteiger charge is 2.18. The van der Waals surface area contributed by atoms with Crippen LogP contribution >= 0.6 is 12.2 Å². The third-order valence-electron chi connectivity index (χ3n) is 3.91. The highest BCUT2D eigenvalue weighted by Crippen LogP contribution is 2.27. The average Bonchev–Trinajstić information content (AvgIpc) is 2.51. The maximum atomic E-state index is 13.1. The molecule has 3 rings (SSSR count). The van der Waals surface area contributed by atoms with Gasteiger partial charge in [-0.3, -0.25) is 0 Å². The summed E-state index contributed by atoms with van der Waals surface area (Å²) in [6, 6.07) is 6.25. The van der Waals surface area contributed by atoms with E-state index < -0.39 is 0 Å². The zero-order valence-corrected chi connectivity index (χ0v) is 12.5. The molecule has 0 amide bonds. The number of aromatic nitrogens is 2. The van der Waals surface area contributed by atoms with E-state index in [-0.39, 0.29) is 12.4 Å². The van der Waals surface area contributed by atoms with Gasteiger partial charge in [-0.25, -0.2) is 9.37 Å². The van der Waals surface area contributed by atoms with Crippen LogP contribution in [0, 0.1) is 10.5 Å². The molecule has 110 valence electrons. The fraction of sp³-hybridized carbons (Fsp3) is 0.375. The van der Waals surface area contributed by atoms with E-state index in [0.717, 1.165) is 42.6 Å². The van der Waals surface area contributed by atoms with Crippen molar-refractivity contribution in [3.05, 3.63) is 46.0 Å². The van der Waals surface area contributed by atoms with Crippen LogP contribution in [0.4, 0.5) is 4.39 Å². The third kappa shape index (κ3) is 2.76. The third-order valence-corrected chi connectivity index (χ3v) is 4.25. The standard InChI is InChI=1S/C16H17FN2OS/c17-12-7-5-11(6-8-12)15-18-16(21)13-3-1-2-4-14(13)19(15)9-10-20/h5-8,20H,1-4,9-10H2. The number of fused-ring (bicyclic) bond motifs is 1. The van der Waals surface area contributed by atoms with E-state index in [1.54, 1.807) is 12.1 Å². The van der Waals surface area contributed by atoms with Crippen molar-refractivity contribution in [2.75, 3.05) is 6.61 Å². The largest absolute Gasteiger partial charge is 0.395 e. The Morgan fingerprint density at radius 3 is 2.62 bits per heavy atom. The molecular weight excluding hydrogens is 287 g/mol. The van der Waals surface area contributed by atoms with Gasteiger partial charge in [-0.05, 0) is 49.9 Å². The molecule has 1 N–H and O–H groups in total. The van der Waals surface area contributed by atoms with Crippen LogP contribution in [0.25, 0.3) is 11.4 Å². The van der Waals surface area contributed by atoms with E-state index in [2.05, 4.69) is 4.98 Å². The number of aliphatic hydroxyl groups is 1. The predicted molar refractivity (Wildman–Crippen MR) is 82.2 cm³/mol. The summed E-state index contributed by atoms with van der Waals surface area (Å²) in [4.78, 5) is 4.55. The molecular formula is C16H17FN2OS. The molecule has 2 aromatic rings. The van der Waals surface area contributed by atoms with E-state index in [1.165, 1.54) is 17.8 Å². The van der Waals surface area contributed by atoms with E-state index in [4.69, 9.17) is 12.2 Å². The molecule has 1 aliphatic carbocycles. The first-order chi connectivity index (χ1) is 10.2. The normalized spacial score (nSPS) is 14.0. The van der Waals surface area contributed by atoms with Crippen LogP contribution in [-0.4, -0.2) is 21.3 Å². The summed E-state index contributed by atoms with van der Waals surface area (Å²) in [6.07, 6.45) is 4.17. The lowest BCUT2D eigenvalue weighted by atomic mass is 9.96. The van der Waals surface area contributed by atoms with Crippen molar-refractivity contribution < 1.29 is 9.50 Å². The second-order valence-corrected chi connectivity index (χ2v) is 5.64. The Balaban J connectivity index is 2.21. The van der Waals surface area contributed by atoms with Crippen molar-refractivity contribution in [1.82, 2.24) is 9.55 Å². The highest BCUT2D eigenvalue weighted by molar-refractivity contribution is 7.71. The first-order valence-electron chi connectivity index (χ1n) is 7.20. The molecule has 0 radical (unpaired) electrons. The lowest BCUT2D eigenvalue weighted by molar-refractivity contribution is 0.273. The highest BCUT2D eigenvalue weighted by atomic mass is 32.1. The molecule has 1 aromatic carbocycles. The van der Waals surface area contributed by atoms with E-state index >= 15 is 0 Å². The van der Waals surface area contributed by atoms with Gasteiger partial charge in [0, 0.05) is 23.4 Å². The number of rotatable bonds is 3. The van der Waals surface area contributed by atoms with Gasteiger partial charge >= 0.3 is 0 Å². The molecule has 0 aliphatic heterocycles. The topological polar surface area (TPSA) is 38.0 Å².